The number of hydrogen-bond donors (Lipinski definition) is 2. The molecule has 116 valence electrons. The molecule has 1 saturated heterocycles. The van der Waals surface area contributed by atoms with Gasteiger partial charge in [0.15, 0.2) is 0 Å². The quantitative estimate of drug-likeness (QED) is 0.843. The van der Waals surface area contributed by atoms with Gasteiger partial charge in [0.05, 0.1) is 6.61 Å². The number of primary amides is 1. The maximum absolute atomic E-state index is 11.3. The number of rotatable bonds is 6. The van der Waals surface area contributed by atoms with Crippen LogP contribution in [0.3, 0.4) is 0 Å². The van der Waals surface area contributed by atoms with E-state index in [4.69, 9.17) is 5.73 Å². The Bertz CT molecular complexity index is 501. The molecule has 0 bridgehead atoms. The summed E-state index contributed by atoms with van der Waals surface area (Å²) in [5.74, 6) is 0.156. The number of amides is 1. The number of hydrogen-bond acceptors (Lipinski definition) is 3. The van der Waals surface area contributed by atoms with Crippen molar-refractivity contribution < 1.29 is 9.90 Å². The van der Waals surface area contributed by atoms with Gasteiger partial charge in [0.2, 0.25) is 5.91 Å². The maximum atomic E-state index is 11.3. The normalized spacial score (nSPS) is 22.9. The van der Waals surface area contributed by atoms with Crippen molar-refractivity contribution in [2.75, 3.05) is 13.2 Å². The number of benzene rings is 1. The molecule has 1 fully saturated rings. The van der Waals surface area contributed by atoms with Crippen LogP contribution in [0.2, 0.25) is 0 Å². The summed E-state index contributed by atoms with van der Waals surface area (Å²) < 4.78 is 0. The highest BCUT2D eigenvalue weighted by Gasteiger charge is 2.40. The lowest BCUT2D eigenvalue weighted by Gasteiger charge is -2.38. The lowest BCUT2D eigenvalue weighted by Crippen LogP contribution is -2.47. The second-order valence-corrected chi connectivity index (χ2v) is 6.57. The second kappa shape index (κ2) is 6.58. The summed E-state index contributed by atoms with van der Waals surface area (Å²) in [6.07, 6.45) is 3.15. The fraction of sp³-hybridized carbons (Fsp3) is 0.588. The van der Waals surface area contributed by atoms with Gasteiger partial charge in [-0.05, 0) is 49.4 Å². The molecule has 0 unspecified atom stereocenters. The van der Waals surface area contributed by atoms with Crippen LogP contribution in [-0.2, 0) is 6.54 Å². The van der Waals surface area contributed by atoms with Crippen LogP contribution in [0.15, 0.2) is 24.3 Å². The van der Waals surface area contributed by atoms with Crippen molar-refractivity contribution in [3.05, 3.63) is 35.4 Å². The Morgan fingerprint density at radius 2 is 2.24 bits per heavy atom. The van der Waals surface area contributed by atoms with Crippen molar-refractivity contribution in [3.63, 3.8) is 0 Å². The smallest absolute Gasteiger partial charge is 0.248 e. The highest BCUT2D eigenvalue weighted by molar-refractivity contribution is 5.92. The van der Waals surface area contributed by atoms with Crippen LogP contribution in [0.1, 0.15) is 49.0 Å². The van der Waals surface area contributed by atoms with E-state index in [-0.39, 0.29) is 12.1 Å². The van der Waals surface area contributed by atoms with Gasteiger partial charge in [-0.15, -0.1) is 0 Å². The molecule has 1 aliphatic heterocycles. The number of carbonyl (C=O) groups excluding carboxylic acids is 1. The molecule has 21 heavy (non-hydrogen) atoms. The van der Waals surface area contributed by atoms with E-state index in [1.807, 2.05) is 18.2 Å². The van der Waals surface area contributed by atoms with E-state index in [0.29, 0.717) is 11.5 Å². The van der Waals surface area contributed by atoms with Crippen molar-refractivity contribution in [3.8, 4) is 0 Å². The molecule has 0 radical (unpaired) electrons. The van der Waals surface area contributed by atoms with Gasteiger partial charge in [-0.1, -0.05) is 26.0 Å². The molecule has 3 N–H and O–H groups in total. The summed E-state index contributed by atoms with van der Waals surface area (Å²) in [5, 5.41) is 9.94. The van der Waals surface area contributed by atoms with Gasteiger partial charge in [0.25, 0.3) is 0 Å². The molecule has 4 heteroatoms. The first-order valence-corrected chi connectivity index (χ1v) is 7.71. The largest absolute Gasteiger partial charge is 0.394 e. The number of aliphatic hydroxyl groups excluding tert-OH is 1. The number of aliphatic hydroxyl groups is 1. The van der Waals surface area contributed by atoms with Crippen molar-refractivity contribution in [1.29, 1.82) is 0 Å². The molecule has 1 aromatic rings. The maximum Gasteiger partial charge on any atom is 0.248 e. The Morgan fingerprint density at radius 3 is 2.86 bits per heavy atom. The topological polar surface area (TPSA) is 66.6 Å². The first kappa shape index (κ1) is 16.0. The highest BCUT2D eigenvalue weighted by atomic mass is 16.3. The summed E-state index contributed by atoms with van der Waals surface area (Å²) in [7, 11) is 0. The van der Waals surface area contributed by atoms with E-state index in [0.717, 1.165) is 37.9 Å². The van der Waals surface area contributed by atoms with Gasteiger partial charge in [-0.2, -0.15) is 0 Å². The molecule has 0 saturated carbocycles. The molecular formula is C17H26N2O2. The molecule has 1 aliphatic rings. The lowest BCUT2D eigenvalue weighted by molar-refractivity contribution is 0.0409. The van der Waals surface area contributed by atoms with Crippen LogP contribution < -0.4 is 5.73 Å². The van der Waals surface area contributed by atoms with Crippen LogP contribution in [0, 0.1) is 5.92 Å². The Kier molecular flexibility index (Phi) is 5.01. The Hall–Kier alpha value is -1.39. The molecule has 4 nitrogen and oxygen atoms in total. The predicted octanol–water partition coefficient (Wildman–Crippen LogP) is 2.16. The SMILES string of the molecule is CC(C)C[C@@]1(CO)CCCN1Cc1cccc(C(N)=O)c1. The highest BCUT2D eigenvalue weighted by Crippen LogP contribution is 2.35. The molecule has 2 rings (SSSR count). The van der Waals surface area contributed by atoms with E-state index >= 15 is 0 Å². The fourth-order valence-electron chi connectivity index (χ4n) is 3.52. The van der Waals surface area contributed by atoms with Crippen molar-refractivity contribution >= 4 is 5.91 Å². The summed E-state index contributed by atoms with van der Waals surface area (Å²) >= 11 is 0. The number of carbonyl (C=O) groups is 1. The van der Waals surface area contributed by atoms with E-state index in [1.54, 1.807) is 6.07 Å². The third-order valence-corrected chi connectivity index (χ3v) is 4.41. The van der Waals surface area contributed by atoms with Crippen LogP contribution in [-0.4, -0.2) is 34.6 Å². The monoisotopic (exact) mass is 290 g/mol. The zero-order valence-corrected chi connectivity index (χ0v) is 13.0. The van der Waals surface area contributed by atoms with E-state index in [1.165, 1.54) is 0 Å². The third kappa shape index (κ3) is 3.63. The summed E-state index contributed by atoms with van der Waals surface area (Å²) in [5.41, 5.74) is 6.85. The zero-order chi connectivity index (χ0) is 15.5. The summed E-state index contributed by atoms with van der Waals surface area (Å²) in [4.78, 5) is 13.7. The zero-order valence-electron chi connectivity index (χ0n) is 13.0. The number of likely N-dealkylation sites (tertiary alicyclic amines) is 1. The van der Waals surface area contributed by atoms with Gasteiger partial charge in [-0.25, -0.2) is 0 Å². The Balaban J connectivity index is 2.17. The minimum atomic E-state index is -0.395. The minimum Gasteiger partial charge on any atom is -0.394 e. The van der Waals surface area contributed by atoms with Gasteiger partial charge in [0.1, 0.15) is 0 Å². The fourth-order valence-corrected chi connectivity index (χ4v) is 3.52. The van der Waals surface area contributed by atoms with Crippen molar-refractivity contribution in [2.24, 2.45) is 11.7 Å². The van der Waals surface area contributed by atoms with E-state index in [2.05, 4.69) is 18.7 Å². The van der Waals surface area contributed by atoms with Crippen LogP contribution in [0.25, 0.3) is 0 Å². The van der Waals surface area contributed by atoms with Gasteiger partial charge >= 0.3 is 0 Å². The van der Waals surface area contributed by atoms with Gasteiger partial charge in [0, 0.05) is 17.6 Å². The second-order valence-electron chi connectivity index (χ2n) is 6.57. The third-order valence-electron chi connectivity index (χ3n) is 4.41. The van der Waals surface area contributed by atoms with E-state index < -0.39 is 5.91 Å². The van der Waals surface area contributed by atoms with Crippen molar-refractivity contribution in [1.82, 2.24) is 4.90 Å². The van der Waals surface area contributed by atoms with Crippen LogP contribution in [0.4, 0.5) is 0 Å². The minimum absolute atomic E-state index is 0.114. The average Bonchev–Trinajstić information content (AvgIpc) is 2.81. The molecule has 0 aliphatic carbocycles. The van der Waals surface area contributed by atoms with Gasteiger partial charge < -0.3 is 10.8 Å². The average molecular weight is 290 g/mol. The molecule has 0 spiro atoms. The van der Waals surface area contributed by atoms with Crippen LogP contribution >= 0.6 is 0 Å². The Labute approximate surface area is 126 Å². The summed E-state index contributed by atoms with van der Waals surface area (Å²) in [6.45, 7) is 6.34. The predicted molar refractivity (Wildman–Crippen MR) is 83.9 cm³/mol. The summed E-state index contributed by atoms with van der Waals surface area (Å²) in [6, 6.07) is 7.48. The first-order valence-electron chi connectivity index (χ1n) is 7.71. The molecule has 1 heterocycles. The standard InChI is InChI=1S/C17H26N2O2/c1-13(2)10-17(12-20)7-4-8-19(17)11-14-5-3-6-15(9-14)16(18)21/h3,5-6,9,13,20H,4,7-8,10-12H2,1-2H3,(H2,18,21)/t17-/m1/s1. The number of nitrogens with zero attached hydrogens (tertiary/aromatic N) is 1. The molecule has 1 aromatic carbocycles. The van der Waals surface area contributed by atoms with Gasteiger partial charge in [-0.3, -0.25) is 9.69 Å². The number of nitrogens with two attached hydrogens (primary N) is 1. The van der Waals surface area contributed by atoms with E-state index in [9.17, 15) is 9.90 Å². The van der Waals surface area contributed by atoms with Crippen molar-refractivity contribution in [2.45, 2.75) is 45.2 Å². The molecule has 1 amide bonds. The molecule has 0 aromatic heterocycles. The lowest BCUT2D eigenvalue weighted by atomic mass is 9.87. The Morgan fingerprint density at radius 1 is 1.48 bits per heavy atom. The molecular weight excluding hydrogens is 264 g/mol. The molecule has 1 atom stereocenters. The van der Waals surface area contributed by atoms with Crippen LogP contribution in [0.5, 0.6) is 0 Å². The first-order chi connectivity index (χ1) is 9.97.